The molecule has 8 nitrogen and oxygen atoms in total. The SMILES string of the molecule is COc1cc(C(=O)N2CCCCCC2c2noc(C)n2)ncn1. The third-order valence-corrected chi connectivity index (χ3v) is 3.93. The zero-order valence-electron chi connectivity index (χ0n) is 13.2. The van der Waals surface area contributed by atoms with E-state index in [0.717, 1.165) is 25.7 Å². The van der Waals surface area contributed by atoms with Crippen LogP contribution in [0.1, 0.15) is 53.9 Å². The van der Waals surface area contributed by atoms with Crippen LogP contribution in [-0.4, -0.2) is 44.6 Å². The standard InChI is InChI=1S/C15H19N5O3/c1-10-18-14(19-23-10)12-6-4-3-5-7-20(12)15(21)11-8-13(22-2)17-9-16-11/h8-9,12H,3-7H2,1-2H3. The minimum absolute atomic E-state index is 0.167. The summed E-state index contributed by atoms with van der Waals surface area (Å²) in [6, 6.07) is 1.36. The Morgan fingerprint density at radius 3 is 2.96 bits per heavy atom. The molecule has 3 rings (SSSR count). The van der Waals surface area contributed by atoms with Crippen LogP contribution in [0.15, 0.2) is 16.9 Å². The van der Waals surface area contributed by atoms with E-state index in [-0.39, 0.29) is 11.9 Å². The van der Waals surface area contributed by atoms with Crippen molar-refractivity contribution in [2.75, 3.05) is 13.7 Å². The molecule has 23 heavy (non-hydrogen) atoms. The smallest absolute Gasteiger partial charge is 0.273 e. The quantitative estimate of drug-likeness (QED) is 0.853. The van der Waals surface area contributed by atoms with E-state index in [1.165, 1.54) is 13.4 Å². The Bertz CT molecular complexity index is 687. The van der Waals surface area contributed by atoms with Gasteiger partial charge in [0.1, 0.15) is 12.0 Å². The lowest BCUT2D eigenvalue weighted by Gasteiger charge is -2.27. The largest absolute Gasteiger partial charge is 0.481 e. The third-order valence-electron chi connectivity index (χ3n) is 3.93. The molecule has 0 N–H and O–H groups in total. The van der Waals surface area contributed by atoms with Gasteiger partial charge in [-0.25, -0.2) is 9.97 Å². The summed E-state index contributed by atoms with van der Waals surface area (Å²) < 4.78 is 10.2. The van der Waals surface area contributed by atoms with Crippen LogP contribution < -0.4 is 4.74 Å². The van der Waals surface area contributed by atoms with E-state index in [4.69, 9.17) is 9.26 Å². The number of aromatic nitrogens is 4. The monoisotopic (exact) mass is 317 g/mol. The Labute approximate surface area is 133 Å². The lowest BCUT2D eigenvalue weighted by molar-refractivity contribution is 0.0663. The van der Waals surface area contributed by atoms with Crippen molar-refractivity contribution in [3.8, 4) is 5.88 Å². The van der Waals surface area contributed by atoms with Gasteiger partial charge in [0.05, 0.1) is 13.2 Å². The second-order valence-electron chi connectivity index (χ2n) is 5.48. The van der Waals surface area contributed by atoms with E-state index >= 15 is 0 Å². The number of carbonyl (C=O) groups excluding carboxylic acids is 1. The number of carbonyl (C=O) groups is 1. The van der Waals surface area contributed by atoms with Gasteiger partial charge in [0.15, 0.2) is 5.82 Å². The van der Waals surface area contributed by atoms with E-state index in [9.17, 15) is 4.79 Å². The molecule has 8 heteroatoms. The van der Waals surface area contributed by atoms with Crippen LogP contribution in [0, 0.1) is 6.92 Å². The first kappa shape index (κ1) is 15.4. The molecule has 3 heterocycles. The average molecular weight is 317 g/mol. The summed E-state index contributed by atoms with van der Waals surface area (Å²) in [5.74, 6) is 1.25. The summed E-state index contributed by atoms with van der Waals surface area (Å²) in [6.45, 7) is 2.39. The van der Waals surface area contributed by atoms with Gasteiger partial charge in [0, 0.05) is 19.5 Å². The van der Waals surface area contributed by atoms with Crippen LogP contribution in [0.4, 0.5) is 0 Å². The van der Waals surface area contributed by atoms with Crippen LogP contribution in [0.5, 0.6) is 5.88 Å². The van der Waals surface area contributed by atoms with E-state index in [2.05, 4.69) is 20.1 Å². The molecular weight excluding hydrogens is 298 g/mol. The van der Waals surface area contributed by atoms with Crippen molar-refractivity contribution in [3.05, 3.63) is 29.8 Å². The molecule has 0 bridgehead atoms. The Morgan fingerprint density at radius 1 is 1.35 bits per heavy atom. The highest BCUT2D eigenvalue weighted by molar-refractivity contribution is 5.92. The summed E-state index contributed by atoms with van der Waals surface area (Å²) >= 11 is 0. The van der Waals surface area contributed by atoms with E-state index in [0.29, 0.717) is 29.8 Å². The first-order valence-corrected chi connectivity index (χ1v) is 7.66. The van der Waals surface area contributed by atoms with Crippen molar-refractivity contribution in [1.29, 1.82) is 0 Å². The second-order valence-corrected chi connectivity index (χ2v) is 5.48. The molecule has 0 aromatic carbocycles. The molecule has 1 aliphatic rings. The topological polar surface area (TPSA) is 94.2 Å². The average Bonchev–Trinajstić information content (AvgIpc) is 2.86. The second kappa shape index (κ2) is 6.72. The maximum atomic E-state index is 12.9. The van der Waals surface area contributed by atoms with Gasteiger partial charge < -0.3 is 14.2 Å². The summed E-state index contributed by atoms with van der Waals surface area (Å²) in [5, 5.41) is 4.00. The first-order chi connectivity index (χ1) is 11.2. The fraction of sp³-hybridized carbons (Fsp3) is 0.533. The van der Waals surface area contributed by atoms with Crippen LogP contribution in [-0.2, 0) is 0 Å². The highest BCUT2D eigenvalue weighted by Crippen LogP contribution is 2.29. The lowest BCUT2D eigenvalue weighted by atomic mass is 10.1. The van der Waals surface area contributed by atoms with E-state index < -0.39 is 0 Å². The van der Waals surface area contributed by atoms with Crippen molar-refractivity contribution in [3.63, 3.8) is 0 Å². The van der Waals surface area contributed by atoms with Crippen LogP contribution in [0.2, 0.25) is 0 Å². The Morgan fingerprint density at radius 2 is 2.22 bits per heavy atom. The number of ether oxygens (including phenoxy) is 1. The molecule has 1 unspecified atom stereocenters. The van der Waals surface area contributed by atoms with E-state index in [1.54, 1.807) is 17.9 Å². The van der Waals surface area contributed by atoms with Gasteiger partial charge in [-0.3, -0.25) is 4.79 Å². The number of likely N-dealkylation sites (tertiary alicyclic amines) is 1. The maximum absolute atomic E-state index is 12.9. The lowest BCUT2D eigenvalue weighted by Crippen LogP contribution is -2.36. The molecule has 1 fully saturated rings. The van der Waals surface area contributed by atoms with Crippen molar-refractivity contribution in [1.82, 2.24) is 25.0 Å². The maximum Gasteiger partial charge on any atom is 0.273 e. The van der Waals surface area contributed by atoms with Gasteiger partial charge >= 0.3 is 0 Å². The van der Waals surface area contributed by atoms with Crippen LogP contribution in [0.25, 0.3) is 0 Å². The Balaban J connectivity index is 1.90. The zero-order chi connectivity index (χ0) is 16.2. The van der Waals surface area contributed by atoms with E-state index in [1.807, 2.05) is 0 Å². The van der Waals surface area contributed by atoms with Gasteiger partial charge in [-0.2, -0.15) is 4.98 Å². The van der Waals surface area contributed by atoms with Crippen molar-refractivity contribution < 1.29 is 14.1 Å². The zero-order valence-corrected chi connectivity index (χ0v) is 13.2. The number of aryl methyl sites for hydroxylation is 1. The molecule has 2 aromatic rings. The highest BCUT2D eigenvalue weighted by atomic mass is 16.5. The molecule has 1 amide bonds. The molecule has 1 atom stereocenters. The predicted octanol–water partition coefficient (Wildman–Crippen LogP) is 1.93. The number of nitrogens with zero attached hydrogens (tertiary/aromatic N) is 5. The van der Waals surface area contributed by atoms with Crippen molar-refractivity contribution >= 4 is 5.91 Å². The summed E-state index contributed by atoms with van der Waals surface area (Å²) in [7, 11) is 1.51. The number of amides is 1. The number of methoxy groups -OCH3 is 1. The minimum atomic E-state index is -0.191. The highest BCUT2D eigenvalue weighted by Gasteiger charge is 2.31. The normalized spacial score (nSPS) is 18.5. The fourth-order valence-corrected chi connectivity index (χ4v) is 2.79. The number of hydrogen-bond acceptors (Lipinski definition) is 7. The van der Waals surface area contributed by atoms with Crippen LogP contribution >= 0.6 is 0 Å². The van der Waals surface area contributed by atoms with Gasteiger partial charge in [0.25, 0.3) is 5.91 Å². The molecule has 0 radical (unpaired) electrons. The van der Waals surface area contributed by atoms with Crippen molar-refractivity contribution in [2.24, 2.45) is 0 Å². The van der Waals surface area contributed by atoms with Crippen molar-refractivity contribution in [2.45, 2.75) is 38.6 Å². The molecule has 2 aromatic heterocycles. The van der Waals surface area contributed by atoms with Gasteiger partial charge in [-0.05, 0) is 12.8 Å². The molecule has 0 saturated carbocycles. The minimum Gasteiger partial charge on any atom is -0.481 e. The summed E-state index contributed by atoms with van der Waals surface area (Å²) in [6.07, 6.45) is 5.19. The molecule has 1 aliphatic heterocycles. The number of rotatable bonds is 3. The van der Waals surface area contributed by atoms with Gasteiger partial charge in [0.2, 0.25) is 11.8 Å². The first-order valence-electron chi connectivity index (χ1n) is 7.66. The van der Waals surface area contributed by atoms with Gasteiger partial charge in [-0.15, -0.1) is 0 Å². The molecule has 122 valence electrons. The molecule has 1 saturated heterocycles. The molecule has 0 spiro atoms. The van der Waals surface area contributed by atoms with Crippen LogP contribution in [0.3, 0.4) is 0 Å². The summed E-state index contributed by atoms with van der Waals surface area (Å²) in [4.78, 5) is 27.0. The number of hydrogen-bond donors (Lipinski definition) is 0. The Hall–Kier alpha value is -2.51. The fourth-order valence-electron chi connectivity index (χ4n) is 2.79. The Kier molecular flexibility index (Phi) is 4.50. The summed E-state index contributed by atoms with van der Waals surface area (Å²) in [5.41, 5.74) is 0.309. The predicted molar refractivity (Wildman–Crippen MR) is 79.9 cm³/mol. The third kappa shape index (κ3) is 3.30. The van der Waals surface area contributed by atoms with Gasteiger partial charge in [-0.1, -0.05) is 18.0 Å². The molecule has 0 aliphatic carbocycles. The molecular formula is C15H19N5O3.